The Bertz CT molecular complexity index is 3630. The van der Waals surface area contributed by atoms with Crippen molar-refractivity contribution in [3.8, 4) is 46.2 Å². The quantitative estimate of drug-likeness (QED) is 0.175. The summed E-state index contributed by atoms with van der Waals surface area (Å²) in [6, 6.07) is 67.2. The summed E-state index contributed by atoms with van der Waals surface area (Å²) in [6.45, 7) is 0. The molecule has 0 N–H and O–H groups in total. The van der Waals surface area contributed by atoms with Gasteiger partial charge < -0.3 is 9.13 Å². The summed E-state index contributed by atoms with van der Waals surface area (Å²) in [4.78, 5) is 15.7. The number of rotatable bonds is 5. The smallest absolute Gasteiger partial charge is 0.238 e. The fraction of sp³-hybridized carbons (Fsp3) is 0. The van der Waals surface area contributed by atoms with E-state index in [0.29, 0.717) is 23.2 Å². The summed E-state index contributed by atoms with van der Waals surface area (Å²) in [5, 5.41) is 17.2. The molecule has 12 rings (SSSR count). The zero-order valence-electron chi connectivity index (χ0n) is 31.5. The number of benzene rings is 8. The number of fused-ring (bicyclic) bond motifs is 10. The van der Waals surface area contributed by atoms with Gasteiger partial charge in [-0.15, -0.1) is 0 Å². The molecule has 0 unspecified atom stereocenters. The Morgan fingerprint density at radius 2 is 0.881 bits per heavy atom. The van der Waals surface area contributed by atoms with Gasteiger partial charge in [0.05, 0.1) is 50.4 Å². The van der Waals surface area contributed by atoms with Crippen molar-refractivity contribution in [2.45, 2.75) is 0 Å². The molecule has 0 fully saturated rings. The second-order valence-electron chi connectivity index (χ2n) is 14.8. The van der Waals surface area contributed by atoms with Crippen molar-refractivity contribution in [3.63, 3.8) is 0 Å². The average Bonchev–Trinajstić information content (AvgIpc) is 3.95. The van der Waals surface area contributed by atoms with Crippen molar-refractivity contribution in [2.75, 3.05) is 0 Å². The summed E-state index contributed by atoms with van der Waals surface area (Å²) in [5.41, 5.74) is 10.4. The number of nitrogens with zero attached hydrogens (tertiary/aromatic N) is 7. The molecule has 0 bridgehead atoms. The van der Waals surface area contributed by atoms with Crippen LogP contribution in [0.5, 0.6) is 0 Å². The number of nitriles is 1. The first-order chi connectivity index (χ1) is 29.2. The van der Waals surface area contributed by atoms with Crippen LogP contribution in [-0.4, -0.2) is 28.7 Å². The van der Waals surface area contributed by atoms with Gasteiger partial charge >= 0.3 is 0 Å². The Balaban J connectivity index is 1.18. The summed E-state index contributed by atoms with van der Waals surface area (Å²) in [7, 11) is 0. The van der Waals surface area contributed by atoms with Gasteiger partial charge in [0.25, 0.3) is 0 Å². The van der Waals surface area contributed by atoms with Crippen LogP contribution in [-0.2, 0) is 0 Å². The Kier molecular flexibility index (Phi) is 7.16. The topological polar surface area (TPSA) is 77.2 Å². The van der Waals surface area contributed by atoms with Crippen molar-refractivity contribution >= 4 is 65.4 Å². The van der Waals surface area contributed by atoms with E-state index < -0.39 is 0 Å². The summed E-state index contributed by atoms with van der Waals surface area (Å²) in [6.07, 6.45) is 0. The van der Waals surface area contributed by atoms with Gasteiger partial charge in [-0.05, 0) is 66.7 Å². The molecule has 7 heteroatoms. The van der Waals surface area contributed by atoms with Crippen molar-refractivity contribution < 1.29 is 0 Å². The van der Waals surface area contributed by atoms with E-state index >= 15 is 0 Å². The van der Waals surface area contributed by atoms with Crippen molar-refractivity contribution in [3.05, 3.63) is 194 Å². The first-order valence-corrected chi connectivity index (χ1v) is 19.6. The van der Waals surface area contributed by atoms with Crippen molar-refractivity contribution in [1.82, 2.24) is 28.7 Å². The normalized spacial score (nSPS) is 11.7. The zero-order valence-corrected chi connectivity index (χ0v) is 31.5. The molecule has 0 aliphatic rings. The minimum absolute atomic E-state index is 0.468. The number of hydrogen-bond acceptors (Lipinski definition) is 4. The minimum Gasteiger partial charge on any atom is -0.309 e. The molecule has 0 radical (unpaired) electrons. The van der Waals surface area contributed by atoms with Crippen LogP contribution in [0.1, 0.15) is 5.56 Å². The lowest BCUT2D eigenvalue weighted by Crippen LogP contribution is -2.08. The first kappa shape index (κ1) is 32.9. The highest BCUT2D eigenvalue weighted by molar-refractivity contribution is 6.29. The first-order valence-electron chi connectivity index (χ1n) is 19.6. The van der Waals surface area contributed by atoms with Crippen LogP contribution in [0.2, 0.25) is 0 Å². The van der Waals surface area contributed by atoms with Gasteiger partial charge in [0.2, 0.25) is 5.95 Å². The Labute approximate surface area is 337 Å². The molecule has 0 saturated carbocycles. The average molecular weight is 754 g/mol. The highest BCUT2D eigenvalue weighted by atomic mass is 15.2. The maximum Gasteiger partial charge on any atom is 0.238 e. The molecule has 8 aromatic carbocycles. The SMILES string of the molecule is N#Cc1ccc(-n2c3ccccc3c3c4c5ccccc5n(-c5ccccc5)c4ccc32)c(-c2nc(-c3ccccc3)nc(-n3c4ccccc4c4ccccc43)n2)c1. The van der Waals surface area contributed by atoms with Gasteiger partial charge in [0, 0.05) is 49.1 Å². The Morgan fingerprint density at radius 1 is 0.390 bits per heavy atom. The molecule has 4 heterocycles. The van der Waals surface area contributed by atoms with Crippen molar-refractivity contribution in [1.29, 1.82) is 5.26 Å². The predicted molar refractivity (Wildman–Crippen MR) is 238 cm³/mol. The maximum absolute atomic E-state index is 10.3. The van der Waals surface area contributed by atoms with Gasteiger partial charge in [0.15, 0.2) is 11.6 Å². The van der Waals surface area contributed by atoms with E-state index in [1.54, 1.807) is 0 Å². The van der Waals surface area contributed by atoms with Crippen LogP contribution in [0.15, 0.2) is 188 Å². The molecular weight excluding hydrogens is 723 g/mol. The maximum atomic E-state index is 10.3. The molecule has 0 amide bonds. The number of para-hydroxylation sites is 5. The standard InChI is InChI=1S/C52H31N7/c53-32-33-27-28-45(58-44-26-14-10-22-39(44)49-47(58)30-29-46-48(49)38-21-9-13-25-43(38)57(46)35-17-5-2-6-18-35)40(31-33)51-54-50(34-15-3-1-4-16-34)55-52(56-51)59-41-23-11-7-19-36(41)37-20-8-12-24-42(37)59/h1-31H. The van der Waals surface area contributed by atoms with Crippen LogP contribution in [0.25, 0.3) is 106 Å². The molecule has 0 aliphatic carbocycles. The van der Waals surface area contributed by atoms with Crippen LogP contribution in [0.4, 0.5) is 0 Å². The zero-order chi connectivity index (χ0) is 39.0. The third kappa shape index (κ3) is 4.90. The molecule has 0 atom stereocenters. The fourth-order valence-electron chi connectivity index (χ4n) is 9.05. The molecule has 0 spiro atoms. The van der Waals surface area contributed by atoms with Crippen LogP contribution < -0.4 is 0 Å². The van der Waals surface area contributed by atoms with E-state index in [9.17, 15) is 5.26 Å². The van der Waals surface area contributed by atoms with E-state index in [0.717, 1.165) is 77.1 Å². The molecule has 0 aliphatic heterocycles. The van der Waals surface area contributed by atoms with Gasteiger partial charge in [-0.3, -0.25) is 4.57 Å². The fourth-order valence-corrected chi connectivity index (χ4v) is 9.05. The van der Waals surface area contributed by atoms with E-state index in [-0.39, 0.29) is 0 Å². The lowest BCUT2D eigenvalue weighted by atomic mass is 10.1. The van der Waals surface area contributed by atoms with Gasteiger partial charge in [-0.2, -0.15) is 15.2 Å². The molecule has 274 valence electrons. The van der Waals surface area contributed by atoms with Gasteiger partial charge in [-0.25, -0.2) is 4.98 Å². The Hall–Kier alpha value is -8.34. The van der Waals surface area contributed by atoms with E-state index in [1.165, 1.54) is 10.8 Å². The summed E-state index contributed by atoms with van der Waals surface area (Å²) >= 11 is 0. The molecule has 12 aromatic rings. The second kappa shape index (κ2) is 12.8. The highest BCUT2D eigenvalue weighted by Crippen LogP contribution is 2.43. The molecule has 59 heavy (non-hydrogen) atoms. The monoisotopic (exact) mass is 753 g/mol. The highest BCUT2D eigenvalue weighted by Gasteiger charge is 2.24. The molecule has 7 nitrogen and oxygen atoms in total. The molecule has 0 saturated heterocycles. The Morgan fingerprint density at radius 3 is 1.49 bits per heavy atom. The molecular formula is C52H31N7. The lowest BCUT2D eigenvalue weighted by Gasteiger charge is -2.16. The predicted octanol–water partition coefficient (Wildman–Crippen LogP) is 12.4. The van der Waals surface area contributed by atoms with E-state index in [4.69, 9.17) is 15.0 Å². The van der Waals surface area contributed by atoms with Crippen LogP contribution >= 0.6 is 0 Å². The van der Waals surface area contributed by atoms with Crippen LogP contribution in [0, 0.1) is 11.3 Å². The summed E-state index contributed by atoms with van der Waals surface area (Å²) in [5.74, 6) is 1.51. The minimum atomic E-state index is 0.468. The third-order valence-corrected chi connectivity index (χ3v) is 11.5. The van der Waals surface area contributed by atoms with Gasteiger partial charge in [0.1, 0.15) is 0 Å². The summed E-state index contributed by atoms with van der Waals surface area (Å²) < 4.78 is 6.78. The largest absolute Gasteiger partial charge is 0.309 e. The number of aromatic nitrogens is 6. The lowest BCUT2D eigenvalue weighted by molar-refractivity contribution is 0.951. The third-order valence-electron chi connectivity index (χ3n) is 11.5. The van der Waals surface area contributed by atoms with Crippen molar-refractivity contribution in [2.24, 2.45) is 0 Å². The van der Waals surface area contributed by atoms with Crippen LogP contribution in [0.3, 0.4) is 0 Å². The van der Waals surface area contributed by atoms with E-state index in [1.807, 2.05) is 60.7 Å². The van der Waals surface area contributed by atoms with Gasteiger partial charge in [-0.1, -0.05) is 121 Å². The second-order valence-corrected chi connectivity index (χ2v) is 14.8. The molecule has 4 aromatic heterocycles. The van der Waals surface area contributed by atoms with E-state index in [2.05, 4.69) is 147 Å². The number of hydrogen-bond donors (Lipinski definition) is 0.